The highest BCUT2D eigenvalue weighted by Gasteiger charge is 2.10. The molecule has 0 fully saturated rings. The maximum Gasteiger partial charge on any atom is 0.270 e. The number of carbonyl (C=O) groups is 1. The zero-order chi connectivity index (χ0) is 18.2. The van der Waals surface area contributed by atoms with E-state index in [0.717, 1.165) is 18.5 Å². The van der Waals surface area contributed by atoms with Gasteiger partial charge in [0.2, 0.25) is 0 Å². The van der Waals surface area contributed by atoms with Crippen molar-refractivity contribution in [2.75, 3.05) is 11.9 Å². The Morgan fingerprint density at radius 1 is 1.00 bits per heavy atom. The minimum Gasteiger partial charge on any atom is -0.370 e. The number of aromatic nitrogens is 3. The smallest absolute Gasteiger partial charge is 0.270 e. The van der Waals surface area contributed by atoms with Gasteiger partial charge in [0.15, 0.2) is 0 Å². The predicted octanol–water partition coefficient (Wildman–Crippen LogP) is 2.76. The summed E-state index contributed by atoms with van der Waals surface area (Å²) in [4.78, 5) is 24.9. The van der Waals surface area contributed by atoms with Gasteiger partial charge < -0.3 is 10.6 Å². The molecule has 0 aliphatic rings. The molecule has 3 aromatic rings. The molecule has 0 unspecified atom stereocenters. The van der Waals surface area contributed by atoms with Gasteiger partial charge in [0.25, 0.3) is 5.91 Å². The number of nitrogens with zero attached hydrogens (tertiary/aromatic N) is 3. The van der Waals surface area contributed by atoms with Gasteiger partial charge in [0, 0.05) is 31.5 Å². The summed E-state index contributed by atoms with van der Waals surface area (Å²) in [5.41, 5.74) is 2.59. The quantitative estimate of drug-likeness (QED) is 0.687. The van der Waals surface area contributed by atoms with Crippen LogP contribution in [0.15, 0.2) is 60.9 Å². The number of benzene rings is 1. The number of aryl methyl sites for hydroxylation is 1. The van der Waals surface area contributed by atoms with Gasteiger partial charge >= 0.3 is 0 Å². The molecule has 6 heteroatoms. The molecular weight excluding hydrogens is 326 g/mol. The summed E-state index contributed by atoms with van der Waals surface area (Å²) in [5.74, 6) is 0.990. The van der Waals surface area contributed by atoms with Crippen molar-refractivity contribution < 1.29 is 4.79 Å². The van der Waals surface area contributed by atoms with Crippen molar-refractivity contribution in [3.05, 3.63) is 83.6 Å². The van der Waals surface area contributed by atoms with Crippen molar-refractivity contribution in [2.24, 2.45) is 0 Å². The molecule has 0 radical (unpaired) electrons. The van der Waals surface area contributed by atoms with E-state index in [9.17, 15) is 4.79 Å². The molecule has 1 amide bonds. The number of hydrogen-bond donors (Lipinski definition) is 2. The van der Waals surface area contributed by atoms with Crippen LogP contribution in [0.1, 0.15) is 27.4 Å². The highest BCUT2D eigenvalue weighted by Crippen LogP contribution is 2.08. The Morgan fingerprint density at radius 3 is 2.54 bits per heavy atom. The average molecular weight is 347 g/mol. The van der Waals surface area contributed by atoms with Gasteiger partial charge in [0.05, 0.1) is 0 Å². The summed E-state index contributed by atoms with van der Waals surface area (Å²) in [6.45, 7) is 2.95. The third-order valence-electron chi connectivity index (χ3n) is 3.84. The average Bonchev–Trinajstić information content (AvgIpc) is 2.67. The topological polar surface area (TPSA) is 79.8 Å². The molecule has 0 aliphatic heterocycles. The summed E-state index contributed by atoms with van der Waals surface area (Å²) >= 11 is 0. The third kappa shape index (κ3) is 5.11. The summed E-state index contributed by atoms with van der Waals surface area (Å²) in [6, 6.07) is 15.6. The van der Waals surface area contributed by atoms with E-state index in [4.69, 9.17) is 0 Å². The molecule has 6 nitrogen and oxygen atoms in total. The maximum atomic E-state index is 12.4. The van der Waals surface area contributed by atoms with E-state index in [-0.39, 0.29) is 5.91 Å². The summed E-state index contributed by atoms with van der Waals surface area (Å²) in [6.07, 6.45) is 4.28. The van der Waals surface area contributed by atoms with E-state index < -0.39 is 0 Å². The summed E-state index contributed by atoms with van der Waals surface area (Å²) in [7, 11) is 0. The molecule has 0 atom stereocenters. The van der Waals surface area contributed by atoms with Crippen LogP contribution in [0.25, 0.3) is 0 Å². The molecule has 2 aromatic heterocycles. The third-order valence-corrected chi connectivity index (χ3v) is 3.84. The van der Waals surface area contributed by atoms with Crippen molar-refractivity contribution in [2.45, 2.75) is 19.9 Å². The van der Waals surface area contributed by atoms with Gasteiger partial charge in [-0.15, -0.1) is 0 Å². The normalized spacial score (nSPS) is 10.3. The van der Waals surface area contributed by atoms with Crippen LogP contribution in [0.3, 0.4) is 0 Å². The van der Waals surface area contributed by atoms with Crippen molar-refractivity contribution in [1.29, 1.82) is 0 Å². The van der Waals surface area contributed by atoms with Crippen LogP contribution in [-0.2, 0) is 13.0 Å². The highest BCUT2D eigenvalue weighted by atomic mass is 16.1. The van der Waals surface area contributed by atoms with Gasteiger partial charge in [-0.25, -0.2) is 9.97 Å². The Labute approximate surface area is 152 Å². The second-order valence-corrected chi connectivity index (χ2v) is 5.89. The first-order chi connectivity index (χ1) is 12.7. The number of pyridine rings is 1. The first kappa shape index (κ1) is 17.5. The number of nitrogens with one attached hydrogen (secondary N) is 2. The lowest BCUT2D eigenvalue weighted by molar-refractivity contribution is 0.0945. The lowest BCUT2D eigenvalue weighted by atomic mass is 10.1. The Balaban J connectivity index is 1.58. The molecule has 1 aromatic carbocycles. The van der Waals surface area contributed by atoms with E-state index in [2.05, 4.69) is 37.7 Å². The molecular formula is C20H21N5O. The fourth-order valence-corrected chi connectivity index (χ4v) is 2.53. The van der Waals surface area contributed by atoms with Crippen LogP contribution in [-0.4, -0.2) is 27.4 Å². The minimum atomic E-state index is -0.224. The van der Waals surface area contributed by atoms with Crippen LogP contribution >= 0.6 is 0 Å². The van der Waals surface area contributed by atoms with E-state index >= 15 is 0 Å². The van der Waals surface area contributed by atoms with E-state index in [1.54, 1.807) is 25.4 Å². The zero-order valence-electron chi connectivity index (χ0n) is 14.6. The predicted molar refractivity (Wildman–Crippen MR) is 101 cm³/mol. The molecule has 2 N–H and O–H groups in total. The molecule has 2 heterocycles. The number of carbonyl (C=O) groups excluding carboxylic acids is 1. The number of hydrogen-bond acceptors (Lipinski definition) is 5. The first-order valence-electron chi connectivity index (χ1n) is 8.51. The van der Waals surface area contributed by atoms with E-state index in [1.807, 2.05) is 30.3 Å². The van der Waals surface area contributed by atoms with Gasteiger partial charge in [-0.1, -0.05) is 30.3 Å². The highest BCUT2D eigenvalue weighted by molar-refractivity contribution is 5.92. The number of rotatable bonds is 7. The molecule has 26 heavy (non-hydrogen) atoms. The van der Waals surface area contributed by atoms with Crippen molar-refractivity contribution in [3.63, 3.8) is 0 Å². The van der Waals surface area contributed by atoms with Gasteiger partial charge in [0.1, 0.15) is 17.3 Å². The molecule has 0 aliphatic carbocycles. The molecule has 0 bridgehead atoms. The maximum absolute atomic E-state index is 12.4. The van der Waals surface area contributed by atoms with Crippen LogP contribution in [0.5, 0.6) is 0 Å². The lowest BCUT2D eigenvalue weighted by Gasteiger charge is -2.09. The SMILES string of the molecule is Cc1nc(NCCc2ccccc2)cc(C(=O)NCc2ccncc2)n1. The minimum absolute atomic E-state index is 0.224. The standard InChI is InChI=1S/C20H21N5O/c1-15-24-18(20(26)23-14-17-7-10-21-11-8-17)13-19(25-15)22-12-9-16-5-3-2-4-6-16/h2-8,10-11,13H,9,12,14H2,1H3,(H,23,26)(H,22,24,25). The Kier molecular flexibility index (Phi) is 5.88. The van der Waals surface area contributed by atoms with E-state index in [0.29, 0.717) is 23.9 Å². The Hall–Kier alpha value is -3.28. The van der Waals surface area contributed by atoms with E-state index in [1.165, 1.54) is 5.56 Å². The van der Waals surface area contributed by atoms with Gasteiger partial charge in [-0.05, 0) is 36.6 Å². The molecule has 0 saturated carbocycles. The molecule has 0 saturated heterocycles. The number of anilines is 1. The van der Waals surface area contributed by atoms with Crippen LogP contribution in [0, 0.1) is 6.92 Å². The molecule has 132 valence electrons. The van der Waals surface area contributed by atoms with Crippen molar-refractivity contribution >= 4 is 11.7 Å². The Bertz CT molecular complexity index is 853. The Morgan fingerprint density at radius 2 is 1.77 bits per heavy atom. The van der Waals surface area contributed by atoms with Crippen LogP contribution in [0.2, 0.25) is 0 Å². The monoisotopic (exact) mass is 347 g/mol. The van der Waals surface area contributed by atoms with Crippen molar-refractivity contribution in [3.8, 4) is 0 Å². The molecule has 0 spiro atoms. The second kappa shape index (κ2) is 8.71. The van der Waals surface area contributed by atoms with Crippen molar-refractivity contribution in [1.82, 2.24) is 20.3 Å². The number of amides is 1. The fourth-order valence-electron chi connectivity index (χ4n) is 2.53. The summed E-state index contributed by atoms with van der Waals surface area (Å²) < 4.78 is 0. The van der Waals surface area contributed by atoms with Gasteiger partial charge in [-0.2, -0.15) is 0 Å². The van der Waals surface area contributed by atoms with Gasteiger partial charge in [-0.3, -0.25) is 9.78 Å². The fraction of sp³-hybridized carbons (Fsp3) is 0.200. The second-order valence-electron chi connectivity index (χ2n) is 5.89. The summed E-state index contributed by atoms with van der Waals surface area (Å²) in [5, 5.41) is 6.13. The van der Waals surface area contributed by atoms with Crippen LogP contribution < -0.4 is 10.6 Å². The first-order valence-corrected chi connectivity index (χ1v) is 8.51. The lowest BCUT2D eigenvalue weighted by Crippen LogP contribution is -2.24. The zero-order valence-corrected chi connectivity index (χ0v) is 14.6. The van der Waals surface area contributed by atoms with Crippen LogP contribution in [0.4, 0.5) is 5.82 Å². The largest absolute Gasteiger partial charge is 0.370 e. The molecule has 3 rings (SSSR count).